The number of aromatic nitrogens is 2. The number of rotatable bonds is 7. The van der Waals surface area contributed by atoms with E-state index < -0.39 is 0 Å². The lowest BCUT2D eigenvalue weighted by molar-refractivity contribution is 0.380. The molecule has 1 aliphatic carbocycles. The third-order valence-corrected chi connectivity index (χ3v) is 5.22. The molecule has 0 atom stereocenters. The van der Waals surface area contributed by atoms with E-state index in [2.05, 4.69) is 47.1 Å². The number of aryl methyl sites for hydroxylation is 1. The highest BCUT2D eigenvalue weighted by atomic mass is 79.9. The third kappa shape index (κ3) is 3.25. The van der Waals surface area contributed by atoms with Crippen LogP contribution in [-0.4, -0.2) is 16.3 Å². The van der Waals surface area contributed by atoms with Crippen LogP contribution >= 0.6 is 15.9 Å². The van der Waals surface area contributed by atoms with Gasteiger partial charge in [-0.1, -0.05) is 27.2 Å². The molecule has 0 radical (unpaired) electrons. The van der Waals surface area contributed by atoms with Gasteiger partial charge in [-0.05, 0) is 46.5 Å². The summed E-state index contributed by atoms with van der Waals surface area (Å²) >= 11 is 3.41. The summed E-state index contributed by atoms with van der Waals surface area (Å²) in [5.74, 6) is 0.673. The number of hydrogen-bond acceptors (Lipinski definition) is 3. The van der Waals surface area contributed by atoms with E-state index in [9.17, 15) is 4.79 Å². The van der Waals surface area contributed by atoms with Gasteiger partial charge in [-0.15, -0.1) is 0 Å². The van der Waals surface area contributed by atoms with Gasteiger partial charge in [0.15, 0.2) is 0 Å². The van der Waals surface area contributed by atoms with E-state index in [1.165, 1.54) is 17.5 Å². The Morgan fingerprint density at radius 3 is 2.75 bits per heavy atom. The fraction of sp³-hybridized carbons (Fsp3) is 0.733. The van der Waals surface area contributed by atoms with E-state index in [0.717, 1.165) is 25.1 Å². The van der Waals surface area contributed by atoms with Gasteiger partial charge >= 0.3 is 0 Å². The maximum absolute atomic E-state index is 12.2. The Labute approximate surface area is 129 Å². The maximum atomic E-state index is 12.2. The topological polar surface area (TPSA) is 46.9 Å². The molecule has 0 aliphatic heterocycles. The quantitative estimate of drug-likeness (QED) is 0.823. The van der Waals surface area contributed by atoms with E-state index in [4.69, 9.17) is 0 Å². The molecule has 0 aromatic carbocycles. The highest BCUT2D eigenvalue weighted by molar-refractivity contribution is 9.10. The molecule has 0 bridgehead atoms. The molecule has 5 heteroatoms. The van der Waals surface area contributed by atoms with Crippen LogP contribution in [0.25, 0.3) is 0 Å². The first kappa shape index (κ1) is 15.5. The number of nitrogens with one attached hydrogen (secondary N) is 1. The van der Waals surface area contributed by atoms with Crippen LogP contribution in [-0.2, 0) is 6.54 Å². The summed E-state index contributed by atoms with van der Waals surface area (Å²) < 4.78 is 2.14. The van der Waals surface area contributed by atoms with Crippen molar-refractivity contribution < 1.29 is 0 Å². The number of halogens is 1. The first-order valence-corrected chi connectivity index (χ1v) is 8.29. The van der Waals surface area contributed by atoms with Crippen LogP contribution < -0.4 is 10.9 Å². The monoisotopic (exact) mass is 341 g/mol. The molecule has 1 aromatic heterocycles. The van der Waals surface area contributed by atoms with Crippen LogP contribution in [0.3, 0.4) is 0 Å². The first-order valence-electron chi connectivity index (χ1n) is 7.49. The van der Waals surface area contributed by atoms with Gasteiger partial charge in [0.05, 0.1) is 11.9 Å². The van der Waals surface area contributed by atoms with Gasteiger partial charge in [-0.2, -0.15) is 5.10 Å². The van der Waals surface area contributed by atoms with Gasteiger partial charge in [-0.25, -0.2) is 4.68 Å². The molecule has 1 N–H and O–H groups in total. The predicted molar refractivity (Wildman–Crippen MR) is 86.1 cm³/mol. The SMILES string of the molecule is CCCCn1ncc(NCC2(C(C)C)CC2)c(Br)c1=O. The Hall–Kier alpha value is -0.840. The first-order chi connectivity index (χ1) is 9.50. The Kier molecular flexibility index (Phi) is 4.89. The van der Waals surface area contributed by atoms with Crippen molar-refractivity contribution in [1.29, 1.82) is 0 Å². The number of nitrogens with zero attached hydrogens (tertiary/aromatic N) is 2. The van der Waals surface area contributed by atoms with Crippen molar-refractivity contribution in [3.8, 4) is 0 Å². The predicted octanol–water partition coefficient (Wildman–Crippen LogP) is 3.65. The van der Waals surface area contributed by atoms with Crippen molar-refractivity contribution in [2.75, 3.05) is 11.9 Å². The molecule has 1 aliphatic rings. The van der Waals surface area contributed by atoms with E-state index >= 15 is 0 Å². The smallest absolute Gasteiger partial charge is 0.283 e. The van der Waals surface area contributed by atoms with Gasteiger partial charge in [0.2, 0.25) is 0 Å². The molecule has 4 nitrogen and oxygen atoms in total. The lowest BCUT2D eigenvalue weighted by Crippen LogP contribution is -2.26. The second-order valence-corrected chi connectivity index (χ2v) is 6.92. The maximum Gasteiger partial charge on any atom is 0.283 e. The fourth-order valence-corrected chi connectivity index (χ4v) is 2.89. The van der Waals surface area contributed by atoms with Crippen molar-refractivity contribution in [3.05, 3.63) is 21.0 Å². The van der Waals surface area contributed by atoms with E-state index in [0.29, 0.717) is 22.4 Å². The number of anilines is 1. The van der Waals surface area contributed by atoms with E-state index in [1.807, 2.05) is 0 Å². The van der Waals surface area contributed by atoms with Crippen LogP contribution in [0.1, 0.15) is 46.5 Å². The van der Waals surface area contributed by atoms with Crippen LogP contribution in [0.5, 0.6) is 0 Å². The van der Waals surface area contributed by atoms with Crippen molar-refractivity contribution in [3.63, 3.8) is 0 Å². The lowest BCUT2D eigenvalue weighted by Gasteiger charge is -2.21. The van der Waals surface area contributed by atoms with Crippen LogP contribution in [0, 0.1) is 11.3 Å². The molecular weight excluding hydrogens is 318 g/mol. The molecule has 1 aromatic rings. The zero-order valence-electron chi connectivity index (χ0n) is 12.6. The standard InChI is InChI=1S/C15H24BrN3O/c1-4-5-8-19-14(20)13(16)12(9-18-19)17-10-15(6-7-15)11(2)3/h9,11,17H,4-8,10H2,1-3H3. The average Bonchev–Trinajstić information content (AvgIpc) is 3.20. The van der Waals surface area contributed by atoms with E-state index in [1.54, 1.807) is 6.20 Å². The summed E-state index contributed by atoms with van der Waals surface area (Å²) in [5.41, 5.74) is 1.18. The highest BCUT2D eigenvalue weighted by Gasteiger charge is 2.45. The average molecular weight is 342 g/mol. The minimum absolute atomic E-state index is 0.0437. The molecule has 0 saturated heterocycles. The second kappa shape index (κ2) is 6.29. The van der Waals surface area contributed by atoms with Gasteiger partial charge in [-0.3, -0.25) is 4.79 Å². The Balaban J connectivity index is 2.06. The Bertz CT molecular complexity index is 520. The van der Waals surface area contributed by atoms with Crippen LogP contribution in [0.2, 0.25) is 0 Å². The summed E-state index contributed by atoms with van der Waals surface area (Å²) in [7, 11) is 0. The van der Waals surface area contributed by atoms with Crippen molar-refractivity contribution in [2.45, 2.75) is 53.0 Å². The zero-order valence-corrected chi connectivity index (χ0v) is 14.2. The van der Waals surface area contributed by atoms with E-state index in [-0.39, 0.29) is 5.56 Å². The van der Waals surface area contributed by atoms with Gasteiger partial charge in [0.1, 0.15) is 4.47 Å². The number of unbranched alkanes of at least 4 members (excludes halogenated alkanes) is 1. The van der Waals surface area contributed by atoms with Gasteiger partial charge in [0, 0.05) is 13.1 Å². The highest BCUT2D eigenvalue weighted by Crippen LogP contribution is 2.51. The largest absolute Gasteiger partial charge is 0.382 e. The molecule has 0 unspecified atom stereocenters. The summed E-state index contributed by atoms with van der Waals surface area (Å²) in [6.07, 6.45) is 6.34. The molecule has 1 saturated carbocycles. The number of hydrogen-bond donors (Lipinski definition) is 1. The molecule has 0 spiro atoms. The summed E-state index contributed by atoms with van der Waals surface area (Å²) in [6.45, 7) is 8.25. The lowest BCUT2D eigenvalue weighted by atomic mass is 9.92. The van der Waals surface area contributed by atoms with Crippen LogP contribution in [0.15, 0.2) is 15.5 Å². The van der Waals surface area contributed by atoms with Crippen molar-refractivity contribution in [1.82, 2.24) is 9.78 Å². The molecule has 1 fully saturated rings. The molecule has 112 valence electrons. The van der Waals surface area contributed by atoms with Crippen molar-refractivity contribution in [2.24, 2.45) is 11.3 Å². The molecule has 2 rings (SSSR count). The van der Waals surface area contributed by atoms with Crippen LogP contribution in [0.4, 0.5) is 5.69 Å². The molecule has 0 amide bonds. The molecular formula is C15H24BrN3O. The summed E-state index contributed by atoms with van der Waals surface area (Å²) in [4.78, 5) is 12.2. The van der Waals surface area contributed by atoms with Crippen molar-refractivity contribution >= 4 is 21.6 Å². The summed E-state index contributed by atoms with van der Waals surface area (Å²) in [6, 6.07) is 0. The minimum atomic E-state index is -0.0437. The van der Waals surface area contributed by atoms with Gasteiger partial charge < -0.3 is 5.32 Å². The third-order valence-electron chi connectivity index (χ3n) is 4.46. The molecule has 1 heterocycles. The molecule has 20 heavy (non-hydrogen) atoms. The Morgan fingerprint density at radius 1 is 1.50 bits per heavy atom. The normalized spacial score (nSPS) is 16.4. The second-order valence-electron chi connectivity index (χ2n) is 6.12. The Morgan fingerprint density at radius 2 is 2.20 bits per heavy atom. The zero-order chi connectivity index (χ0) is 14.8. The van der Waals surface area contributed by atoms with Gasteiger partial charge in [0.25, 0.3) is 5.56 Å². The summed E-state index contributed by atoms with van der Waals surface area (Å²) in [5, 5.41) is 7.65. The fourth-order valence-electron chi connectivity index (χ4n) is 2.45. The minimum Gasteiger partial charge on any atom is -0.382 e.